The van der Waals surface area contributed by atoms with Crippen molar-refractivity contribution in [1.82, 2.24) is 15.1 Å². The van der Waals surface area contributed by atoms with E-state index in [-0.39, 0.29) is 6.61 Å². The maximum Gasteiger partial charge on any atom is 0.413 e. The molecule has 26 heavy (non-hydrogen) atoms. The van der Waals surface area contributed by atoms with Crippen LogP contribution in [0.25, 0.3) is 0 Å². The highest BCUT2D eigenvalue weighted by Crippen LogP contribution is 2.16. The first-order valence-corrected chi connectivity index (χ1v) is 8.14. The van der Waals surface area contributed by atoms with E-state index < -0.39 is 24.6 Å². The Morgan fingerprint density at radius 1 is 1.12 bits per heavy atom. The molecule has 0 aliphatic heterocycles. The van der Waals surface area contributed by atoms with E-state index in [0.717, 1.165) is 5.56 Å². The van der Waals surface area contributed by atoms with E-state index in [4.69, 9.17) is 4.74 Å². The van der Waals surface area contributed by atoms with E-state index >= 15 is 0 Å². The van der Waals surface area contributed by atoms with Gasteiger partial charge < -0.3 is 9.47 Å². The van der Waals surface area contributed by atoms with Gasteiger partial charge in [-0.1, -0.05) is 30.3 Å². The summed E-state index contributed by atoms with van der Waals surface area (Å²) < 4.78 is 11.3. The number of carbonyl (C=O) groups is 3. The van der Waals surface area contributed by atoms with E-state index in [1.54, 1.807) is 25.5 Å². The molecule has 1 aromatic carbocycles. The highest BCUT2D eigenvalue weighted by molar-refractivity contribution is 5.96. The van der Waals surface area contributed by atoms with Crippen LogP contribution in [0.3, 0.4) is 0 Å². The molecule has 1 heterocycles. The van der Waals surface area contributed by atoms with Gasteiger partial charge >= 0.3 is 12.1 Å². The standard InChI is InChI=1S/C18H21N3O5/c1-4-25-18(24)19-15(22)11-26-17(23)16-12(2)20-21(13(16)3)10-14-8-6-5-7-9-14/h5-9H,4,10-11H2,1-3H3,(H,19,22,24). The van der Waals surface area contributed by atoms with Crippen LogP contribution in [0.1, 0.15) is 34.2 Å². The first-order valence-electron chi connectivity index (χ1n) is 8.14. The number of esters is 1. The summed E-state index contributed by atoms with van der Waals surface area (Å²) in [4.78, 5) is 35.0. The molecule has 2 aromatic rings. The Hall–Kier alpha value is -3.16. The van der Waals surface area contributed by atoms with E-state index in [0.29, 0.717) is 23.5 Å². The van der Waals surface area contributed by atoms with E-state index in [2.05, 4.69) is 9.84 Å². The molecule has 0 aliphatic carbocycles. The minimum absolute atomic E-state index is 0.137. The van der Waals surface area contributed by atoms with Gasteiger partial charge in [-0.2, -0.15) is 5.10 Å². The zero-order valence-corrected chi connectivity index (χ0v) is 14.9. The molecule has 0 aliphatic rings. The lowest BCUT2D eigenvalue weighted by Gasteiger charge is -2.07. The van der Waals surface area contributed by atoms with Crippen LogP contribution < -0.4 is 5.32 Å². The number of nitrogens with one attached hydrogen (secondary N) is 1. The average molecular weight is 359 g/mol. The van der Waals surface area contributed by atoms with Crippen molar-refractivity contribution in [3.05, 3.63) is 52.8 Å². The van der Waals surface area contributed by atoms with E-state index in [9.17, 15) is 14.4 Å². The largest absolute Gasteiger partial charge is 0.452 e. The molecule has 0 fully saturated rings. The molecule has 0 atom stereocenters. The summed E-state index contributed by atoms with van der Waals surface area (Å²) in [5.41, 5.74) is 2.51. The van der Waals surface area contributed by atoms with Gasteiger partial charge in [-0.25, -0.2) is 9.59 Å². The van der Waals surface area contributed by atoms with Crippen LogP contribution in [0, 0.1) is 13.8 Å². The van der Waals surface area contributed by atoms with Gasteiger partial charge in [-0.15, -0.1) is 0 Å². The van der Waals surface area contributed by atoms with Crippen molar-refractivity contribution in [1.29, 1.82) is 0 Å². The number of carbonyl (C=O) groups excluding carboxylic acids is 3. The quantitative estimate of drug-likeness (QED) is 0.792. The van der Waals surface area contributed by atoms with Crippen molar-refractivity contribution in [2.24, 2.45) is 0 Å². The number of rotatable bonds is 6. The number of hydrogen-bond acceptors (Lipinski definition) is 6. The van der Waals surface area contributed by atoms with Crippen LogP contribution in [0.15, 0.2) is 30.3 Å². The molecule has 0 saturated carbocycles. The molecule has 0 bridgehead atoms. The molecule has 1 N–H and O–H groups in total. The predicted molar refractivity (Wildman–Crippen MR) is 92.7 cm³/mol. The number of hydrogen-bond donors (Lipinski definition) is 1. The number of aromatic nitrogens is 2. The van der Waals surface area contributed by atoms with Gasteiger partial charge in [0.15, 0.2) is 6.61 Å². The summed E-state index contributed by atoms with van der Waals surface area (Å²) in [6.45, 7) is 5.15. The van der Waals surface area contributed by atoms with Gasteiger partial charge in [-0.05, 0) is 26.3 Å². The highest BCUT2D eigenvalue weighted by Gasteiger charge is 2.21. The molecular formula is C18H21N3O5. The number of alkyl carbamates (subject to hydrolysis) is 1. The Labute approximate surface area is 151 Å². The minimum atomic E-state index is -0.878. The van der Waals surface area contributed by atoms with Gasteiger partial charge in [0.05, 0.1) is 24.5 Å². The summed E-state index contributed by atoms with van der Waals surface area (Å²) in [6, 6.07) is 9.72. The summed E-state index contributed by atoms with van der Waals surface area (Å²) in [5.74, 6) is -1.43. The van der Waals surface area contributed by atoms with Gasteiger partial charge in [0.1, 0.15) is 5.56 Å². The second kappa shape index (κ2) is 8.80. The summed E-state index contributed by atoms with van der Waals surface area (Å²) in [5, 5.41) is 6.32. The number of aryl methyl sites for hydroxylation is 1. The third kappa shape index (κ3) is 4.92. The Bertz CT molecular complexity index is 799. The number of ether oxygens (including phenoxy) is 2. The molecule has 1 aromatic heterocycles. The fourth-order valence-corrected chi connectivity index (χ4v) is 2.42. The molecule has 138 valence electrons. The van der Waals surface area contributed by atoms with Crippen LogP contribution in [-0.2, 0) is 20.8 Å². The molecule has 2 rings (SSSR count). The van der Waals surface area contributed by atoms with E-state index in [1.807, 2.05) is 35.6 Å². The summed E-state index contributed by atoms with van der Waals surface area (Å²) in [7, 11) is 0. The zero-order valence-electron chi connectivity index (χ0n) is 14.9. The lowest BCUT2D eigenvalue weighted by molar-refractivity contribution is -0.123. The summed E-state index contributed by atoms with van der Waals surface area (Å²) in [6.07, 6.45) is -0.878. The van der Waals surface area contributed by atoms with Crippen molar-refractivity contribution in [2.75, 3.05) is 13.2 Å². The van der Waals surface area contributed by atoms with Gasteiger partial charge in [0, 0.05) is 0 Å². The molecule has 8 heteroatoms. The van der Waals surface area contributed by atoms with Gasteiger partial charge in [0.2, 0.25) is 0 Å². The Morgan fingerprint density at radius 3 is 2.46 bits per heavy atom. The number of benzene rings is 1. The van der Waals surface area contributed by atoms with Crippen LogP contribution in [0.4, 0.5) is 4.79 Å². The van der Waals surface area contributed by atoms with Crippen LogP contribution in [0.2, 0.25) is 0 Å². The van der Waals surface area contributed by atoms with Crippen LogP contribution in [0.5, 0.6) is 0 Å². The monoisotopic (exact) mass is 359 g/mol. The number of amides is 2. The Morgan fingerprint density at radius 2 is 1.81 bits per heavy atom. The van der Waals surface area contributed by atoms with Crippen LogP contribution in [-0.4, -0.2) is 41.0 Å². The van der Waals surface area contributed by atoms with Gasteiger partial charge in [0.25, 0.3) is 5.91 Å². The smallest absolute Gasteiger partial charge is 0.413 e. The third-order valence-electron chi connectivity index (χ3n) is 3.61. The normalized spacial score (nSPS) is 10.3. The molecule has 2 amide bonds. The topological polar surface area (TPSA) is 99.5 Å². The van der Waals surface area contributed by atoms with Crippen LogP contribution >= 0.6 is 0 Å². The second-order valence-electron chi connectivity index (χ2n) is 5.53. The SMILES string of the molecule is CCOC(=O)NC(=O)COC(=O)c1c(C)nn(Cc2ccccc2)c1C. The molecule has 0 spiro atoms. The van der Waals surface area contributed by atoms with Gasteiger partial charge in [-0.3, -0.25) is 14.8 Å². The van der Waals surface area contributed by atoms with Crippen molar-refractivity contribution < 1.29 is 23.9 Å². The molecule has 0 saturated heterocycles. The fraction of sp³-hybridized carbons (Fsp3) is 0.333. The van der Waals surface area contributed by atoms with E-state index in [1.165, 1.54) is 0 Å². The minimum Gasteiger partial charge on any atom is -0.452 e. The lowest BCUT2D eigenvalue weighted by atomic mass is 10.2. The van der Waals surface area contributed by atoms with Crippen molar-refractivity contribution >= 4 is 18.0 Å². The first kappa shape index (κ1) is 19.2. The van der Waals surface area contributed by atoms with Crippen molar-refractivity contribution in [2.45, 2.75) is 27.3 Å². The van der Waals surface area contributed by atoms with Crippen molar-refractivity contribution in [3.8, 4) is 0 Å². The Kier molecular flexibility index (Phi) is 6.48. The maximum atomic E-state index is 12.3. The van der Waals surface area contributed by atoms with Crippen molar-refractivity contribution in [3.63, 3.8) is 0 Å². The molecular weight excluding hydrogens is 338 g/mol. The third-order valence-corrected chi connectivity index (χ3v) is 3.61. The zero-order chi connectivity index (χ0) is 19.1. The lowest BCUT2D eigenvalue weighted by Crippen LogP contribution is -2.34. The summed E-state index contributed by atoms with van der Waals surface area (Å²) >= 11 is 0. The Balaban J connectivity index is 2.01. The number of nitrogens with zero attached hydrogens (tertiary/aromatic N) is 2. The molecule has 0 unspecified atom stereocenters. The fourth-order valence-electron chi connectivity index (χ4n) is 2.42. The second-order valence-corrected chi connectivity index (χ2v) is 5.53. The highest BCUT2D eigenvalue weighted by atomic mass is 16.6. The maximum absolute atomic E-state index is 12.3. The number of imide groups is 1. The molecule has 0 radical (unpaired) electrons. The molecule has 8 nitrogen and oxygen atoms in total. The first-order chi connectivity index (χ1) is 12.4. The predicted octanol–water partition coefficient (Wildman–Crippen LogP) is 1.98. The average Bonchev–Trinajstić information content (AvgIpc) is 2.87.